The van der Waals surface area contributed by atoms with Crippen LogP contribution < -0.4 is 16.9 Å². The minimum Gasteiger partial charge on any atom is -0.394 e. The van der Waals surface area contributed by atoms with Crippen molar-refractivity contribution >= 4 is 0 Å². The smallest absolute Gasteiger partial charge is 0.394 e. The topological polar surface area (TPSA) is 87.3 Å². The highest BCUT2D eigenvalue weighted by atomic mass is 16.6. The lowest BCUT2D eigenvalue weighted by Gasteiger charge is -2.01. The molecule has 16 heavy (non-hydrogen) atoms. The lowest BCUT2D eigenvalue weighted by atomic mass is 10.5. The van der Waals surface area contributed by atoms with Gasteiger partial charge in [-0.25, -0.2) is 9.36 Å². The first-order valence-electron chi connectivity index (χ1n) is 4.40. The van der Waals surface area contributed by atoms with Crippen molar-refractivity contribution in [2.75, 3.05) is 0 Å². The third-order valence-corrected chi connectivity index (χ3v) is 2.10. The van der Waals surface area contributed by atoms with Crippen LogP contribution in [0.2, 0.25) is 0 Å². The summed E-state index contributed by atoms with van der Waals surface area (Å²) in [5.41, 5.74) is -1.52. The Labute approximate surface area is 88.2 Å². The lowest BCUT2D eigenvalue weighted by molar-refractivity contribution is 0.375. The monoisotopic (exact) mass is 224 g/mol. The zero-order chi connectivity index (χ0) is 11.9. The van der Waals surface area contributed by atoms with Crippen LogP contribution >= 0.6 is 0 Å². The number of rotatable bonds is 1. The average Bonchev–Trinajstić information content (AvgIpc) is 2.55. The third kappa shape index (κ3) is 1.42. The van der Waals surface area contributed by atoms with Crippen molar-refractivity contribution in [3.63, 3.8) is 0 Å². The number of hydrogen-bond acceptors (Lipinski definition) is 5. The van der Waals surface area contributed by atoms with Crippen LogP contribution in [0.4, 0.5) is 0 Å². The van der Waals surface area contributed by atoms with E-state index >= 15 is 0 Å². The van der Waals surface area contributed by atoms with Crippen LogP contribution in [-0.4, -0.2) is 9.13 Å². The molecule has 0 saturated heterocycles. The van der Waals surface area contributed by atoms with Gasteiger partial charge < -0.3 is 13.4 Å². The highest BCUT2D eigenvalue weighted by molar-refractivity contribution is 5.20. The van der Waals surface area contributed by atoms with Gasteiger partial charge in [0, 0.05) is 19.4 Å². The molecule has 2 heterocycles. The molecule has 2 aromatic heterocycles. The van der Waals surface area contributed by atoms with Gasteiger partial charge in [0.2, 0.25) is 0 Å². The van der Waals surface area contributed by atoms with E-state index in [1.165, 1.54) is 26.4 Å². The standard InChI is InChI=1S/C9H8N2O5/c1-5-8(16-9(14)15-5)11-4-3-10(2)6(12)7(11)13/h3-4H,1-2H3. The van der Waals surface area contributed by atoms with Gasteiger partial charge in [0.1, 0.15) is 0 Å². The largest absolute Gasteiger partial charge is 0.520 e. The van der Waals surface area contributed by atoms with Gasteiger partial charge in [-0.15, -0.1) is 0 Å². The Morgan fingerprint density at radius 3 is 2.31 bits per heavy atom. The molecule has 7 nitrogen and oxygen atoms in total. The zero-order valence-electron chi connectivity index (χ0n) is 8.59. The van der Waals surface area contributed by atoms with Crippen LogP contribution in [0, 0.1) is 6.92 Å². The molecular formula is C9H8N2O5. The number of aromatic nitrogens is 2. The molecule has 0 N–H and O–H groups in total. The Kier molecular flexibility index (Phi) is 2.15. The first-order chi connectivity index (χ1) is 7.50. The van der Waals surface area contributed by atoms with E-state index in [4.69, 9.17) is 0 Å². The summed E-state index contributed by atoms with van der Waals surface area (Å²) in [6.45, 7) is 1.46. The Balaban J connectivity index is 2.81. The molecule has 0 amide bonds. The maximum atomic E-state index is 11.6. The average molecular weight is 224 g/mol. The summed E-state index contributed by atoms with van der Waals surface area (Å²) in [6.07, 6.45) is 2.71. The van der Waals surface area contributed by atoms with E-state index in [9.17, 15) is 14.4 Å². The molecule has 0 aromatic carbocycles. The summed E-state index contributed by atoms with van der Waals surface area (Å²) in [5, 5.41) is 0. The zero-order valence-corrected chi connectivity index (χ0v) is 8.59. The summed E-state index contributed by atoms with van der Waals surface area (Å²) < 4.78 is 11.3. The van der Waals surface area contributed by atoms with Gasteiger partial charge >= 0.3 is 16.9 Å². The second-order valence-corrected chi connectivity index (χ2v) is 3.20. The molecular weight excluding hydrogens is 216 g/mol. The van der Waals surface area contributed by atoms with E-state index in [1.807, 2.05) is 0 Å². The van der Waals surface area contributed by atoms with Crippen molar-refractivity contribution in [1.82, 2.24) is 9.13 Å². The Bertz CT molecular complexity index is 700. The molecule has 2 rings (SSSR count). The van der Waals surface area contributed by atoms with Gasteiger partial charge in [0.05, 0.1) is 0 Å². The Morgan fingerprint density at radius 2 is 1.75 bits per heavy atom. The van der Waals surface area contributed by atoms with Crippen molar-refractivity contribution in [2.24, 2.45) is 7.05 Å². The molecule has 7 heteroatoms. The number of aryl methyl sites for hydroxylation is 2. The summed E-state index contributed by atoms with van der Waals surface area (Å²) in [5.74, 6) is -0.854. The molecule has 84 valence electrons. The highest BCUT2D eigenvalue weighted by Gasteiger charge is 2.13. The minimum absolute atomic E-state index is 0.0762. The summed E-state index contributed by atoms with van der Waals surface area (Å²) in [7, 11) is 1.45. The normalized spacial score (nSPS) is 10.6. The first-order valence-corrected chi connectivity index (χ1v) is 4.40. The van der Waals surface area contributed by atoms with Crippen LogP contribution in [0.1, 0.15) is 5.76 Å². The van der Waals surface area contributed by atoms with Gasteiger partial charge in [-0.1, -0.05) is 0 Å². The van der Waals surface area contributed by atoms with Crippen molar-refractivity contribution < 1.29 is 8.83 Å². The SMILES string of the molecule is Cc1oc(=O)oc1-n1ccn(C)c(=O)c1=O. The van der Waals surface area contributed by atoms with Gasteiger partial charge in [-0.05, 0) is 6.92 Å². The van der Waals surface area contributed by atoms with Crippen molar-refractivity contribution in [1.29, 1.82) is 0 Å². The van der Waals surface area contributed by atoms with Gasteiger partial charge in [-0.2, -0.15) is 0 Å². The minimum atomic E-state index is -0.917. The van der Waals surface area contributed by atoms with Crippen molar-refractivity contribution in [2.45, 2.75) is 6.92 Å². The molecule has 0 atom stereocenters. The van der Waals surface area contributed by atoms with Crippen LogP contribution in [-0.2, 0) is 7.05 Å². The van der Waals surface area contributed by atoms with E-state index in [0.717, 1.165) is 9.13 Å². The maximum absolute atomic E-state index is 11.6. The number of hydrogen-bond donors (Lipinski definition) is 0. The van der Waals surface area contributed by atoms with E-state index in [-0.39, 0.29) is 11.6 Å². The van der Waals surface area contributed by atoms with Crippen molar-refractivity contribution in [3.8, 4) is 5.88 Å². The lowest BCUT2D eigenvalue weighted by Crippen LogP contribution is -2.38. The van der Waals surface area contributed by atoms with Gasteiger partial charge in [-0.3, -0.25) is 9.59 Å². The van der Waals surface area contributed by atoms with Crippen LogP contribution in [0.5, 0.6) is 0 Å². The highest BCUT2D eigenvalue weighted by Crippen LogP contribution is 2.07. The van der Waals surface area contributed by atoms with Crippen LogP contribution in [0.3, 0.4) is 0 Å². The summed E-state index contributed by atoms with van der Waals surface area (Å²) in [4.78, 5) is 33.8. The molecule has 0 radical (unpaired) electrons. The quantitative estimate of drug-likeness (QED) is 0.603. The molecule has 0 saturated carbocycles. The van der Waals surface area contributed by atoms with E-state index in [2.05, 4.69) is 8.83 Å². The Hall–Kier alpha value is -2.31. The molecule has 0 aliphatic carbocycles. The van der Waals surface area contributed by atoms with Crippen molar-refractivity contribution in [3.05, 3.63) is 49.5 Å². The fourth-order valence-corrected chi connectivity index (χ4v) is 1.27. The van der Waals surface area contributed by atoms with E-state index in [1.54, 1.807) is 0 Å². The van der Waals surface area contributed by atoms with E-state index < -0.39 is 16.9 Å². The second-order valence-electron chi connectivity index (χ2n) is 3.20. The Morgan fingerprint density at radius 1 is 1.06 bits per heavy atom. The molecule has 0 fully saturated rings. The van der Waals surface area contributed by atoms with Gasteiger partial charge in [0.25, 0.3) is 5.88 Å². The maximum Gasteiger partial charge on any atom is 0.520 e. The summed E-state index contributed by atoms with van der Waals surface area (Å²) in [6, 6.07) is 0. The van der Waals surface area contributed by atoms with Crippen LogP contribution in [0.15, 0.2) is 35.6 Å². The fourth-order valence-electron chi connectivity index (χ4n) is 1.27. The third-order valence-electron chi connectivity index (χ3n) is 2.10. The molecule has 2 aromatic rings. The summed E-state index contributed by atoms with van der Waals surface area (Å²) >= 11 is 0. The van der Waals surface area contributed by atoms with Gasteiger partial charge in [0.15, 0.2) is 5.76 Å². The number of nitrogens with zero attached hydrogens (tertiary/aromatic N) is 2. The predicted octanol–water partition coefficient (Wildman–Crippen LogP) is -0.609. The molecule has 0 spiro atoms. The molecule has 0 aliphatic rings. The van der Waals surface area contributed by atoms with Crippen LogP contribution in [0.25, 0.3) is 5.88 Å². The molecule has 0 unspecified atom stereocenters. The molecule has 0 aliphatic heterocycles. The second kappa shape index (κ2) is 3.37. The predicted molar refractivity (Wildman–Crippen MR) is 52.8 cm³/mol. The van der Waals surface area contributed by atoms with E-state index in [0.29, 0.717) is 0 Å². The fraction of sp³-hybridized carbons (Fsp3) is 0.222. The molecule has 0 bridgehead atoms. The first kappa shape index (κ1) is 10.2.